The lowest BCUT2D eigenvalue weighted by atomic mass is 10.2. The molecule has 24 heavy (non-hydrogen) atoms. The number of nitrogens with one attached hydrogen (secondary N) is 3. The van der Waals surface area contributed by atoms with Crippen LogP contribution in [-0.2, 0) is 4.79 Å². The highest BCUT2D eigenvalue weighted by Crippen LogP contribution is 2.32. The number of halogens is 1. The Labute approximate surface area is 149 Å². The van der Waals surface area contributed by atoms with E-state index in [0.29, 0.717) is 5.57 Å². The number of hydrogen-bond donors (Lipinski definition) is 3. The highest BCUT2D eigenvalue weighted by Gasteiger charge is 2.39. The van der Waals surface area contributed by atoms with E-state index in [1.54, 1.807) is 7.11 Å². The van der Waals surface area contributed by atoms with E-state index in [1.165, 1.54) is 12.8 Å². The molecule has 2 atom stereocenters. The highest BCUT2D eigenvalue weighted by atomic mass is 79.9. The summed E-state index contributed by atoms with van der Waals surface area (Å²) in [5.74, 6) is 0.746. The minimum atomic E-state index is -0.196. The van der Waals surface area contributed by atoms with Crippen LogP contribution in [-0.4, -0.2) is 43.5 Å². The lowest BCUT2D eigenvalue weighted by molar-refractivity contribution is -0.121. The summed E-state index contributed by atoms with van der Waals surface area (Å²) in [7, 11) is 1.64. The van der Waals surface area contributed by atoms with Crippen LogP contribution in [0.25, 0.3) is 0 Å². The summed E-state index contributed by atoms with van der Waals surface area (Å²) in [6.45, 7) is 2.02. The van der Waals surface area contributed by atoms with Crippen molar-refractivity contribution in [3.8, 4) is 5.75 Å². The largest absolute Gasteiger partial charge is 0.497 e. The van der Waals surface area contributed by atoms with Crippen LogP contribution in [0.4, 0.5) is 5.69 Å². The maximum absolute atomic E-state index is 12.5. The van der Waals surface area contributed by atoms with Crippen molar-refractivity contribution in [3.05, 3.63) is 34.4 Å². The van der Waals surface area contributed by atoms with E-state index in [2.05, 4.69) is 36.9 Å². The van der Waals surface area contributed by atoms with Crippen molar-refractivity contribution in [1.82, 2.24) is 21.0 Å². The Morgan fingerprint density at radius 3 is 2.79 bits per heavy atom. The van der Waals surface area contributed by atoms with Gasteiger partial charge in [-0.2, -0.15) is 0 Å². The number of carbonyl (C=O) groups is 1. The standard InChI is InChI=1S/C16H20BrN5O2/c1-24-10-4-5-13(12(17)8-10)22-9-11-14(20-22)18-16(19-15(11)23)21-6-2-3-7-21/h4-5,8-9,14,16,18,20H,2-3,6-7H2,1H3,(H,19,23). The van der Waals surface area contributed by atoms with Crippen LogP contribution in [0.3, 0.4) is 0 Å². The number of nitrogens with zero attached hydrogens (tertiary/aromatic N) is 2. The molecule has 0 radical (unpaired) electrons. The monoisotopic (exact) mass is 393 g/mol. The lowest BCUT2D eigenvalue weighted by Gasteiger charge is -2.36. The molecule has 0 aromatic heterocycles. The second-order valence-electron chi connectivity index (χ2n) is 6.12. The van der Waals surface area contributed by atoms with Crippen LogP contribution >= 0.6 is 15.9 Å². The molecule has 2 fully saturated rings. The molecule has 1 aromatic carbocycles. The van der Waals surface area contributed by atoms with E-state index < -0.39 is 0 Å². The fourth-order valence-corrected chi connectivity index (χ4v) is 3.88. The molecule has 4 rings (SSSR count). The third-order valence-electron chi connectivity index (χ3n) is 4.62. The minimum Gasteiger partial charge on any atom is -0.497 e. The van der Waals surface area contributed by atoms with Gasteiger partial charge >= 0.3 is 0 Å². The molecule has 3 heterocycles. The van der Waals surface area contributed by atoms with Crippen molar-refractivity contribution in [2.24, 2.45) is 0 Å². The Morgan fingerprint density at radius 2 is 2.08 bits per heavy atom. The van der Waals surface area contributed by atoms with Crippen molar-refractivity contribution in [2.45, 2.75) is 25.3 Å². The molecule has 7 nitrogen and oxygen atoms in total. The molecule has 3 N–H and O–H groups in total. The number of hydrogen-bond acceptors (Lipinski definition) is 6. The molecule has 0 bridgehead atoms. The molecule has 2 unspecified atom stereocenters. The Kier molecular flexibility index (Phi) is 4.21. The van der Waals surface area contributed by atoms with Gasteiger partial charge in [0, 0.05) is 23.8 Å². The zero-order chi connectivity index (χ0) is 16.7. The van der Waals surface area contributed by atoms with Crippen molar-refractivity contribution >= 4 is 27.5 Å². The van der Waals surface area contributed by atoms with Crippen molar-refractivity contribution in [1.29, 1.82) is 0 Å². The zero-order valence-electron chi connectivity index (χ0n) is 13.4. The normalized spacial score (nSPS) is 27.0. The smallest absolute Gasteiger partial charge is 0.254 e. The topological polar surface area (TPSA) is 68.9 Å². The Morgan fingerprint density at radius 1 is 1.29 bits per heavy atom. The van der Waals surface area contributed by atoms with Crippen LogP contribution in [0.5, 0.6) is 5.75 Å². The molecule has 3 aliphatic heterocycles. The number of rotatable bonds is 3. The summed E-state index contributed by atoms with van der Waals surface area (Å²) in [6.07, 6.45) is 3.88. The lowest BCUT2D eigenvalue weighted by Crippen LogP contribution is -2.66. The fraction of sp³-hybridized carbons (Fsp3) is 0.438. The summed E-state index contributed by atoms with van der Waals surface area (Å²) >= 11 is 3.56. The molecule has 3 aliphatic rings. The van der Waals surface area contributed by atoms with Gasteiger partial charge in [0.1, 0.15) is 18.2 Å². The number of ether oxygens (including phenoxy) is 1. The average Bonchev–Trinajstić information content (AvgIpc) is 3.24. The maximum atomic E-state index is 12.5. The second-order valence-corrected chi connectivity index (χ2v) is 6.97. The molecule has 0 aliphatic carbocycles. The van der Waals surface area contributed by atoms with E-state index in [1.807, 2.05) is 29.4 Å². The first kappa shape index (κ1) is 15.9. The molecule has 128 valence electrons. The third-order valence-corrected chi connectivity index (χ3v) is 5.26. The summed E-state index contributed by atoms with van der Waals surface area (Å²) in [6, 6.07) is 5.74. The molecule has 0 saturated carbocycles. The fourth-order valence-electron chi connectivity index (χ4n) is 3.33. The van der Waals surface area contributed by atoms with Gasteiger partial charge in [-0.25, -0.2) is 5.43 Å². The van der Waals surface area contributed by atoms with Crippen LogP contribution in [0.2, 0.25) is 0 Å². The van der Waals surface area contributed by atoms with E-state index in [0.717, 1.165) is 29.0 Å². The molecule has 1 aromatic rings. The van der Waals surface area contributed by atoms with Crippen LogP contribution in [0.1, 0.15) is 12.8 Å². The van der Waals surface area contributed by atoms with Crippen molar-refractivity contribution in [3.63, 3.8) is 0 Å². The zero-order valence-corrected chi connectivity index (χ0v) is 15.0. The van der Waals surface area contributed by atoms with Crippen LogP contribution in [0, 0.1) is 0 Å². The number of likely N-dealkylation sites (tertiary alicyclic amines) is 1. The first-order chi connectivity index (χ1) is 11.7. The quantitative estimate of drug-likeness (QED) is 0.714. The number of methoxy groups -OCH3 is 1. The Balaban J connectivity index is 1.53. The van der Waals surface area contributed by atoms with Crippen LogP contribution in [0.15, 0.2) is 34.4 Å². The van der Waals surface area contributed by atoms with Gasteiger partial charge in [0.15, 0.2) is 0 Å². The van der Waals surface area contributed by atoms with Crippen molar-refractivity contribution < 1.29 is 9.53 Å². The number of anilines is 1. The van der Waals surface area contributed by atoms with E-state index in [-0.39, 0.29) is 18.4 Å². The Bertz CT molecular complexity index is 689. The molecular weight excluding hydrogens is 374 g/mol. The SMILES string of the molecule is COc1ccc(N2C=C3C(=O)NC(N4CCCC4)NC3N2)c(Br)c1. The van der Waals surface area contributed by atoms with Gasteiger partial charge in [-0.3, -0.25) is 20.0 Å². The molecule has 8 heteroatoms. The number of fused-ring (bicyclic) bond motifs is 1. The van der Waals surface area contributed by atoms with Gasteiger partial charge in [-0.05, 0) is 47.0 Å². The van der Waals surface area contributed by atoms with E-state index in [4.69, 9.17) is 4.74 Å². The van der Waals surface area contributed by atoms with E-state index >= 15 is 0 Å². The van der Waals surface area contributed by atoms with Gasteiger partial charge in [-0.15, -0.1) is 0 Å². The molecule has 1 amide bonds. The number of carbonyl (C=O) groups excluding carboxylic acids is 1. The maximum Gasteiger partial charge on any atom is 0.254 e. The average molecular weight is 394 g/mol. The highest BCUT2D eigenvalue weighted by molar-refractivity contribution is 9.10. The van der Waals surface area contributed by atoms with Gasteiger partial charge < -0.3 is 10.1 Å². The van der Waals surface area contributed by atoms with Crippen molar-refractivity contribution in [2.75, 3.05) is 25.2 Å². The summed E-state index contributed by atoms with van der Waals surface area (Å²) < 4.78 is 6.12. The number of benzene rings is 1. The van der Waals surface area contributed by atoms with Crippen LogP contribution < -0.4 is 25.8 Å². The Hall–Kier alpha value is -1.61. The molecule has 2 saturated heterocycles. The predicted octanol–water partition coefficient (Wildman–Crippen LogP) is 1.09. The van der Waals surface area contributed by atoms with Gasteiger partial charge in [0.25, 0.3) is 5.91 Å². The molecular formula is C16H20BrN5O2. The number of hydrazine groups is 1. The minimum absolute atomic E-state index is 0.0321. The van der Waals surface area contributed by atoms with E-state index in [9.17, 15) is 4.79 Å². The second kappa shape index (κ2) is 6.36. The third kappa shape index (κ3) is 2.79. The molecule has 0 spiro atoms. The first-order valence-electron chi connectivity index (χ1n) is 8.07. The summed E-state index contributed by atoms with van der Waals surface area (Å²) in [5, 5.41) is 8.37. The first-order valence-corrected chi connectivity index (χ1v) is 8.86. The summed E-state index contributed by atoms with van der Waals surface area (Å²) in [5.41, 5.74) is 4.95. The number of amides is 1. The summed E-state index contributed by atoms with van der Waals surface area (Å²) in [4.78, 5) is 14.7. The van der Waals surface area contributed by atoms with Gasteiger partial charge in [0.05, 0.1) is 18.4 Å². The van der Waals surface area contributed by atoms with Gasteiger partial charge in [-0.1, -0.05) is 0 Å². The van der Waals surface area contributed by atoms with Gasteiger partial charge in [0.2, 0.25) is 0 Å². The predicted molar refractivity (Wildman–Crippen MR) is 94.1 cm³/mol.